The molecule has 7 rings (SSSR count). The zero-order valence-electron chi connectivity index (χ0n) is 43.4. The van der Waals surface area contributed by atoms with Gasteiger partial charge >= 0.3 is 215 Å². The average Bonchev–Trinajstić information content (AvgIpc) is 0.670. The van der Waals surface area contributed by atoms with Crippen molar-refractivity contribution in [3.8, 4) is 11.5 Å². The Morgan fingerprint density at radius 2 is 0.545 bits per heavy atom. The number of halogens is 28. The summed E-state index contributed by atoms with van der Waals surface area (Å²) >= 11 is -1.66. The van der Waals surface area contributed by atoms with Crippen LogP contribution < -0.4 is 44.7 Å². The first-order valence-electron chi connectivity index (χ1n) is 24.2. The van der Waals surface area contributed by atoms with Gasteiger partial charge in [0.25, 0.3) is 0 Å². The molecular weight excluding hydrogens is 1330 g/mol. The van der Waals surface area contributed by atoms with Gasteiger partial charge < -0.3 is 0 Å². The molecule has 88 heavy (non-hydrogen) atoms. The molecule has 0 fully saturated rings. The third-order valence-electron chi connectivity index (χ3n) is 12.6. The number of rotatable bonds is 17. The molecule has 0 aliphatic heterocycles. The van der Waals surface area contributed by atoms with E-state index in [0.29, 0.717) is 39.6 Å². The largest absolute Gasteiger partial charge is 0.416 e. The molecule has 0 radical (unpaired) electrons. The van der Waals surface area contributed by atoms with Crippen molar-refractivity contribution >= 4 is 55.3 Å². The van der Waals surface area contributed by atoms with Gasteiger partial charge in [-0.15, -0.1) is 21.9 Å². The van der Waals surface area contributed by atoms with Crippen molar-refractivity contribution in [2.75, 3.05) is 39.6 Å². The Bertz CT molecular complexity index is 3330. The van der Waals surface area contributed by atoms with E-state index in [1.807, 2.05) is 26.0 Å². The Balaban J connectivity index is 0.000000334. The SMILES string of the molecule is CCOCCOc1ccccc1[Se+](c1ccccc1)c1ccccc1OCCOCC.Fc1c(F)c(F)c(C(F)(F)F)c([B-](c2c(F)c(F)c(F)c(F)c2C(F)(F)F)(c2c(F)c(F)c(F)c(F)c2C(F)(F)F)c2c(F)c(F)c(F)c(F)c2C(F)(F)F)c1F. The minimum Gasteiger partial charge on any atom is -0.207 e. The van der Waals surface area contributed by atoms with Crippen LogP contribution in [-0.4, -0.2) is 59.7 Å². The molecule has 0 spiro atoms. The molecule has 0 heterocycles. The van der Waals surface area contributed by atoms with Gasteiger partial charge in [-0.2, -0.15) is 52.7 Å². The molecule has 7 aromatic carbocycles. The van der Waals surface area contributed by atoms with Crippen LogP contribution in [0.2, 0.25) is 0 Å². The molecule has 0 bridgehead atoms. The van der Waals surface area contributed by atoms with Crippen molar-refractivity contribution in [1.29, 1.82) is 0 Å². The molecule has 0 amide bonds. The molecule has 476 valence electrons. The van der Waals surface area contributed by atoms with Crippen molar-refractivity contribution in [2.45, 2.75) is 38.6 Å². The summed E-state index contributed by atoms with van der Waals surface area (Å²) in [7, 11) is 0. The van der Waals surface area contributed by atoms with Gasteiger partial charge in [-0.1, -0.05) is 0 Å². The van der Waals surface area contributed by atoms with E-state index >= 15 is 35.1 Å². The summed E-state index contributed by atoms with van der Waals surface area (Å²) in [6, 6.07) is 27.4. The quantitative estimate of drug-likeness (QED) is 0.0299. The fourth-order valence-corrected chi connectivity index (χ4v) is 14.1. The van der Waals surface area contributed by atoms with Crippen molar-refractivity contribution in [1.82, 2.24) is 0 Å². The van der Waals surface area contributed by atoms with Crippen molar-refractivity contribution in [3.05, 3.63) is 194 Å². The van der Waals surface area contributed by atoms with Crippen LogP contribution in [0.4, 0.5) is 123 Å². The van der Waals surface area contributed by atoms with Crippen LogP contribution in [-0.2, 0) is 34.2 Å². The van der Waals surface area contributed by atoms with Crippen molar-refractivity contribution in [2.24, 2.45) is 0 Å². The van der Waals surface area contributed by atoms with Gasteiger partial charge in [0, 0.05) is 0 Å². The van der Waals surface area contributed by atoms with E-state index in [-0.39, 0.29) is 0 Å². The summed E-state index contributed by atoms with van der Waals surface area (Å²) in [5, 5.41) is 0. The standard InChI is InChI=1S/C28BF28.C26H31O4Se/c30-9-1(25(46,47)48)5(13(34)21(42)17(9)38)29(6-2(26(49,50)51)10(31)18(39)22(43)14(6)35,7-3(27(52,53)54)11(32)19(40)23(44)15(7)36)8-4(28(55,56)57)12(33)20(41)24(45)16(8)37;1-3-27-18-20-29-23-14-8-10-16-25(23)31(22-12-6-5-7-13-22)26-17-11-9-15-24(26)30-21-19-28-4-2/h;5-17H,3-4,18-21H2,1-2H3/q-1;+1. The second-order valence-electron chi connectivity index (χ2n) is 17.6. The first-order valence-corrected chi connectivity index (χ1v) is 26.7. The molecular formula is C54H31BF28O4Se. The fourth-order valence-electron chi connectivity index (χ4n) is 9.31. The number of alkyl halides is 12. The monoisotopic (exact) mass is 1370 g/mol. The first-order chi connectivity index (χ1) is 40.9. The zero-order chi connectivity index (χ0) is 66.1. The molecule has 0 aliphatic carbocycles. The normalized spacial score (nSPS) is 12.4. The molecule has 0 aromatic heterocycles. The van der Waals surface area contributed by atoms with Gasteiger partial charge in [-0.3, -0.25) is 0 Å². The van der Waals surface area contributed by atoms with Gasteiger partial charge in [0.2, 0.25) is 0 Å². The Kier molecular flexibility index (Phi) is 21.2. The maximum atomic E-state index is 16.0. The zero-order valence-corrected chi connectivity index (χ0v) is 45.2. The van der Waals surface area contributed by atoms with Crippen LogP contribution in [0.15, 0.2) is 78.9 Å². The summed E-state index contributed by atoms with van der Waals surface area (Å²) in [6.07, 6.45) is -39.5. The molecule has 0 saturated heterocycles. The van der Waals surface area contributed by atoms with Gasteiger partial charge in [0.1, 0.15) is 29.4 Å². The Morgan fingerprint density at radius 3 is 0.795 bits per heavy atom. The van der Waals surface area contributed by atoms with Crippen LogP contribution in [0.25, 0.3) is 0 Å². The smallest absolute Gasteiger partial charge is 0.207 e. The number of benzene rings is 7. The van der Waals surface area contributed by atoms with E-state index in [2.05, 4.69) is 66.7 Å². The molecule has 0 N–H and O–H groups in total. The van der Waals surface area contributed by atoms with Gasteiger partial charge in [-0.25, -0.2) is 70.2 Å². The van der Waals surface area contributed by atoms with E-state index in [1.54, 1.807) is 0 Å². The summed E-state index contributed by atoms with van der Waals surface area (Å²) in [5.74, 6) is -68.0. The molecule has 0 unspecified atom stereocenters. The predicted molar refractivity (Wildman–Crippen MR) is 257 cm³/mol. The van der Waals surface area contributed by atoms with E-state index in [4.69, 9.17) is 18.9 Å². The maximum absolute atomic E-state index is 16.0. The molecule has 34 heteroatoms. The summed E-state index contributed by atoms with van der Waals surface area (Å²) in [4.78, 5) is 0. The van der Waals surface area contributed by atoms with Gasteiger partial charge in [-0.05, 0) is 0 Å². The van der Waals surface area contributed by atoms with Crippen molar-refractivity contribution < 1.29 is 142 Å². The molecule has 4 nitrogen and oxygen atoms in total. The van der Waals surface area contributed by atoms with Crippen LogP contribution in [0.3, 0.4) is 0 Å². The Morgan fingerprint density at radius 1 is 0.307 bits per heavy atom. The summed E-state index contributed by atoms with van der Waals surface area (Å²) in [6.45, 7) is 7.60. The molecule has 0 saturated carbocycles. The molecule has 0 atom stereocenters. The Hall–Kier alpha value is -7.32. The van der Waals surface area contributed by atoms with E-state index < -0.39 is 182 Å². The van der Waals surface area contributed by atoms with Crippen LogP contribution in [0.1, 0.15) is 36.1 Å². The molecule has 7 aromatic rings. The Labute approximate surface area is 480 Å². The number of hydrogen-bond donors (Lipinski definition) is 0. The van der Waals surface area contributed by atoms with Gasteiger partial charge in [0.05, 0.1) is 22.3 Å². The second kappa shape index (κ2) is 26.8. The van der Waals surface area contributed by atoms with E-state index in [9.17, 15) is 87.8 Å². The van der Waals surface area contributed by atoms with Crippen LogP contribution >= 0.6 is 0 Å². The first kappa shape index (κ1) is 69.8. The molecule has 0 aliphatic rings. The van der Waals surface area contributed by atoms with E-state index in [0.717, 1.165) is 11.5 Å². The van der Waals surface area contributed by atoms with Gasteiger partial charge in [0.15, 0.2) is 69.8 Å². The third-order valence-corrected chi connectivity index (χ3v) is 17.4. The number of para-hydroxylation sites is 2. The maximum Gasteiger partial charge on any atom is 0.416 e. The third kappa shape index (κ3) is 13.1. The minimum atomic E-state index is -8.89. The van der Waals surface area contributed by atoms with Crippen molar-refractivity contribution in [3.63, 3.8) is 0 Å². The summed E-state index contributed by atoms with van der Waals surface area (Å²) in [5.41, 5.74) is -38.1. The fraction of sp³-hybridized carbons (Fsp3) is 0.222. The topological polar surface area (TPSA) is 36.9 Å². The van der Waals surface area contributed by atoms with Crippen LogP contribution in [0.5, 0.6) is 11.5 Å². The predicted octanol–water partition coefficient (Wildman–Crippen LogP) is 12.4. The minimum absolute atomic E-state index is 0.533. The van der Waals surface area contributed by atoms with Crippen LogP contribution in [0, 0.1) is 93.1 Å². The second-order valence-corrected chi connectivity index (χ2v) is 21.8. The number of hydrogen-bond acceptors (Lipinski definition) is 4. The summed E-state index contributed by atoms with van der Waals surface area (Å²) < 4.78 is 444. The number of ether oxygens (including phenoxy) is 4. The average molecular weight is 1370 g/mol. The van der Waals surface area contributed by atoms with E-state index in [1.165, 1.54) is 13.4 Å².